The van der Waals surface area contributed by atoms with Gasteiger partial charge in [-0.3, -0.25) is 9.59 Å². The third kappa shape index (κ3) is 36.3. The van der Waals surface area contributed by atoms with E-state index in [1.54, 1.807) is 12.2 Å². The van der Waals surface area contributed by atoms with E-state index in [2.05, 4.69) is 92.9 Å². The van der Waals surface area contributed by atoms with E-state index in [1.165, 1.54) is 83.5 Å². The summed E-state index contributed by atoms with van der Waals surface area (Å²) in [6.07, 6.45) is 54.5. The molecular formula is C61H101NO10. The van der Waals surface area contributed by atoms with Gasteiger partial charge in [0.15, 0.2) is 12.4 Å². The molecule has 410 valence electrons. The lowest BCUT2D eigenvalue weighted by Gasteiger charge is -2.41. The van der Waals surface area contributed by atoms with Gasteiger partial charge < -0.3 is 45.1 Å². The van der Waals surface area contributed by atoms with Gasteiger partial charge in [-0.1, -0.05) is 220 Å². The lowest BCUT2D eigenvalue weighted by Crippen LogP contribution is -2.61. The first-order valence-electron chi connectivity index (χ1n) is 28.2. The molecule has 8 unspecified atom stereocenters. The maximum Gasteiger partial charge on any atom is 0.306 e. The second kappa shape index (κ2) is 48.3. The molecule has 72 heavy (non-hydrogen) atoms. The number of carbonyl (C=O) groups excluding carboxylic acids is 2. The zero-order chi connectivity index (χ0) is 52.5. The van der Waals surface area contributed by atoms with E-state index in [0.717, 1.165) is 70.6 Å². The molecule has 0 aromatic carbocycles. The van der Waals surface area contributed by atoms with Gasteiger partial charge in [-0.05, 0) is 77.0 Å². The normalized spacial score (nSPS) is 20.4. The quantitative estimate of drug-likeness (QED) is 0.0196. The molecule has 6 N–H and O–H groups in total. The van der Waals surface area contributed by atoms with Crippen LogP contribution in [0.15, 0.2) is 109 Å². The molecule has 1 fully saturated rings. The molecule has 0 saturated carbocycles. The lowest BCUT2D eigenvalue weighted by atomic mass is 9.99. The minimum Gasteiger partial charge on any atom is -0.454 e. The molecular weight excluding hydrogens is 907 g/mol. The van der Waals surface area contributed by atoms with Crippen molar-refractivity contribution in [3.8, 4) is 0 Å². The molecule has 8 atom stereocenters. The third-order valence-corrected chi connectivity index (χ3v) is 12.4. The van der Waals surface area contributed by atoms with Crippen molar-refractivity contribution in [2.45, 2.75) is 250 Å². The molecule has 1 aliphatic heterocycles. The highest BCUT2D eigenvalue weighted by atomic mass is 16.7. The molecule has 0 bridgehead atoms. The minimum absolute atomic E-state index is 0.00330. The number of hydrogen-bond donors (Lipinski definition) is 6. The molecule has 1 heterocycles. The van der Waals surface area contributed by atoms with Gasteiger partial charge in [-0.15, -0.1) is 0 Å². The van der Waals surface area contributed by atoms with E-state index >= 15 is 0 Å². The van der Waals surface area contributed by atoms with Gasteiger partial charge >= 0.3 is 5.97 Å². The second-order valence-corrected chi connectivity index (χ2v) is 18.9. The molecule has 1 amide bonds. The Labute approximate surface area is 437 Å². The van der Waals surface area contributed by atoms with Crippen LogP contribution in [0.1, 0.15) is 201 Å². The van der Waals surface area contributed by atoms with Crippen LogP contribution in [-0.4, -0.2) is 99.6 Å². The summed E-state index contributed by atoms with van der Waals surface area (Å²) in [5.41, 5.74) is 0. The first-order chi connectivity index (χ1) is 35.2. The second-order valence-electron chi connectivity index (χ2n) is 18.9. The van der Waals surface area contributed by atoms with Crippen molar-refractivity contribution < 1.29 is 49.3 Å². The van der Waals surface area contributed by atoms with Gasteiger partial charge in [0.25, 0.3) is 0 Å². The summed E-state index contributed by atoms with van der Waals surface area (Å²) in [6.45, 7) is 5.55. The molecule has 11 heteroatoms. The number of aliphatic hydroxyl groups excluding tert-OH is 5. The number of aliphatic hydroxyl groups is 5. The Morgan fingerprint density at radius 3 is 1.50 bits per heavy atom. The maximum atomic E-state index is 13.3. The maximum absolute atomic E-state index is 13.3. The van der Waals surface area contributed by atoms with Crippen LogP contribution in [0.2, 0.25) is 0 Å². The van der Waals surface area contributed by atoms with Gasteiger partial charge in [0.1, 0.15) is 24.4 Å². The lowest BCUT2D eigenvalue weighted by molar-refractivity contribution is -0.305. The summed E-state index contributed by atoms with van der Waals surface area (Å²) in [5, 5.41) is 56.6. The average Bonchev–Trinajstić information content (AvgIpc) is 3.38. The van der Waals surface area contributed by atoms with E-state index in [9.17, 15) is 35.1 Å². The minimum atomic E-state index is -1.65. The van der Waals surface area contributed by atoms with E-state index < -0.39 is 67.4 Å². The summed E-state index contributed by atoms with van der Waals surface area (Å²) in [5.74, 6) is -1.37. The fourth-order valence-corrected chi connectivity index (χ4v) is 7.95. The SMILES string of the molecule is CC/C=C\C/C=C\C/C=C\C/C=C\C/C=C\C/C=C\CC(O)C(=O)NC(COC1OC(CO)C(O)C(O)C1OC(=O)CC/C=C/C/C=C\CCCCCCCC)C(O)/C=C/CCCCCCCCCCCC. The predicted molar refractivity (Wildman–Crippen MR) is 296 cm³/mol. The summed E-state index contributed by atoms with van der Waals surface area (Å²) >= 11 is 0. The molecule has 0 radical (unpaired) electrons. The highest BCUT2D eigenvalue weighted by Crippen LogP contribution is 2.26. The van der Waals surface area contributed by atoms with Crippen molar-refractivity contribution in [2.75, 3.05) is 13.2 Å². The standard InChI is InChI=1S/C61H101NO10/c1-4-7-10-13-16-19-22-25-26-27-28-29-31-33-36-39-42-45-48-54(65)60(69)62-52(53(64)47-44-41-38-35-32-24-21-18-15-12-9-6-3)51-70-61-59(58(68)57(67)55(50-63)71-61)72-56(66)49-46-43-40-37-34-30-23-20-17-14-11-8-5-2/h7,10,16,19,25-26,28-30,33-34,36,40,42-45,47,52-55,57-59,61,63-65,67-68H,4-6,8-9,11-15,17-18,20-24,27,31-32,35,37-39,41,46,48-51H2,1-3H3,(H,62,69)/b10-7-,19-16-,26-25-,29-28-,34-30-,36-33-,43-40+,45-42-,47-44+. The molecule has 11 nitrogen and oxygen atoms in total. The number of hydrogen-bond acceptors (Lipinski definition) is 10. The number of carbonyl (C=O) groups is 2. The zero-order valence-electron chi connectivity index (χ0n) is 45.0. The van der Waals surface area contributed by atoms with Gasteiger partial charge in [0, 0.05) is 12.8 Å². The Hall–Kier alpha value is -3.68. The molecule has 1 rings (SSSR count). The monoisotopic (exact) mass is 1010 g/mol. The number of unbranched alkanes of at least 4 members (excludes halogenated alkanes) is 16. The molecule has 0 aromatic rings. The summed E-state index contributed by atoms with van der Waals surface area (Å²) in [4.78, 5) is 26.3. The predicted octanol–water partition coefficient (Wildman–Crippen LogP) is 12.5. The number of rotatable bonds is 45. The van der Waals surface area contributed by atoms with E-state index in [1.807, 2.05) is 30.4 Å². The Morgan fingerprint density at radius 2 is 1.00 bits per heavy atom. The molecule has 1 saturated heterocycles. The molecule has 0 aromatic heterocycles. The van der Waals surface area contributed by atoms with E-state index in [-0.39, 0.29) is 19.4 Å². The van der Waals surface area contributed by atoms with E-state index in [4.69, 9.17) is 14.2 Å². The summed E-state index contributed by atoms with van der Waals surface area (Å²) < 4.78 is 17.4. The topological polar surface area (TPSA) is 175 Å². The van der Waals surface area contributed by atoms with Crippen LogP contribution in [0.4, 0.5) is 0 Å². The molecule has 0 spiro atoms. The number of allylic oxidation sites excluding steroid dienone is 16. The fraction of sp³-hybridized carbons (Fsp3) is 0.672. The van der Waals surface area contributed by atoms with Crippen molar-refractivity contribution in [1.82, 2.24) is 5.32 Å². The van der Waals surface area contributed by atoms with Crippen molar-refractivity contribution in [2.24, 2.45) is 0 Å². The highest BCUT2D eigenvalue weighted by molar-refractivity contribution is 5.81. The molecule has 1 aliphatic rings. The van der Waals surface area contributed by atoms with Crippen LogP contribution in [0.25, 0.3) is 0 Å². The van der Waals surface area contributed by atoms with Crippen molar-refractivity contribution in [1.29, 1.82) is 0 Å². The van der Waals surface area contributed by atoms with E-state index in [0.29, 0.717) is 12.8 Å². The first kappa shape index (κ1) is 66.3. The van der Waals surface area contributed by atoms with Gasteiger partial charge in [-0.25, -0.2) is 0 Å². The summed E-state index contributed by atoms with van der Waals surface area (Å²) in [6, 6.07) is -1.08. The van der Waals surface area contributed by atoms with Crippen molar-refractivity contribution in [3.05, 3.63) is 109 Å². The van der Waals surface area contributed by atoms with Gasteiger partial charge in [0.05, 0.1) is 25.4 Å². The third-order valence-electron chi connectivity index (χ3n) is 12.4. The Balaban J connectivity index is 2.84. The van der Waals surface area contributed by atoms with Gasteiger partial charge in [-0.2, -0.15) is 0 Å². The number of amides is 1. The average molecular weight is 1010 g/mol. The smallest absolute Gasteiger partial charge is 0.306 e. The Bertz CT molecular complexity index is 1580. The van der Waals surface area contributed by atoms with Crippen LogP contribution in [0, 0.1) is 0 Å². The van der Waals surface area contributed by atoms with Crippen LogP contribution in [0.5, 0.6) is 0 Å². The molecule has 0 aliphatic carbocycles. The summed E-state index contributed by atoms with van der Waals surface area (Å²) in [7, 11) is 0. The fourth-order valence-electron chi connectivity index (χ4n) is 7.95. The van der Waals surface area contributed by atoms with Gasteiger partial charge in [0.2, 0.25) is 5.91 Å². The number of nitrogens with one attached hydrogen (secondary N) is 1. The highest BCUT2D eigenvalue weighted by Gasteiger charge is 2.47. The largest absolute Gasteiger partial charge is 0.454 e. The zero-order valence-corrected chi connectivity index (χ0v) is 45.0. The van der Waals surface area contributed by atoms with Crippen LogP contribution in [0.3, 0.4) is 0 Å². The van der Waals surface area contributed by atoms with Crippen LogP contribution < -0.4 is 5.32 Å². The Morgan fingerprint density at radius 1 is 0.556 bits per heavy atom. The van der Waals surface area contributed by atoms with Crippen molar-refractivity contribution >= 4 is 11.9 Å². The van der Waals surface area contributed by atoms with Crippen LogP contribution >= 0.6 is 0 Å². The Kier molecular flexibility index (Phi) is 44.5. The van der Waals surface area contributed by atoms with Crippen LogP contribution in [-0.2, 0) is 23.8 Å². The number of ether oxygens (including phenoxy) is 3. The van der Waals surface area contributed by atoms with Crippen molar-refractivity contribution in [3.63, 3.8) is 0 Å². The number of esters is 1. The first-order valence-corrected chi connectivity index (χ1v) is 28.2.